The normalized spacial score (nSPS) is 33.7. The van der Waals surface area contributed by atoms with Crippen LogP contribution in [0.1, 0.15) is 62.6 Å². The Balaban J connectivity index is 1.42. The number of rotatable bonds is 5. The van der Waals surface area contributed by atoms with E-state index in [1.54, 1.807) is 19.9 Å². The highest BCUT2D eigenvalue weighted by Gasteiger charge is 2.68. The van der Waals surface area contributed by atoms with Gasteiger partial charge in [-0.05, 0) is 61.3 Å². The molecule has 2 bridgehead atoms. The lowest BCUT2D eigenvalue weighted by molar-refractivity contribution is -0.135. The van der Waals surface area contributed by atoms with Crippen molar-refractivity contribution in [3.8, 4) is 0 Å². The minimum absolute atomic E-state index is 0.0449. The van der Waals surface area contributed by atoms with E-state index in [0.717, 1.165) is 25.7 Å². The lowest BCUT2D eigenvalue weighted by Gasteiger charge is -2.53. The molecule has 2 aliphatic carbocycles. The van der Waals surface area contributed by atoms with E-state index in [9.17, 15) is 9.59 Å². The van der Waals surface area contributed by atoms with Crippen LogP contribution in [-0.2, 0) is 9.53 Å². The molecule has 1 aliphatic heterocycles. The maximum atomic E-state index is 12.5. The molecule has 4 N–H and O–H groups in total. The molecule has 2 heterocycles. The number of amides is 2. The molecule has 0 radical (unpaired) electrons. The topological polar surface area (TPSA) is 119 Å². The highest BCUT2D eigenvalue weighted by molar-refractivity contribution is 5.92. The van der Waals surface area contributed by atoms with Gasteiger partial charge in [-0.1, -0.05) is 13.8 Å². The van der Waals surface area contributed by atoms with Crippen LogP contribution in [-0.4, -0.2) is 47.1 Å². The van der Waals surface area contributed by atoms with Gasteiger partial charge in [0.2, 0.25) is 11.9 Å². The quantitative estimate of drug-likeness (QED) is 0.675. The molecule has 0 unspecified atom stereocenters. The van der Waals surface area contributed by atoms with Gasteiger partial charge in [-0.15, -0.1) is 0 Å². The van der Waals surface area contributed by atoms with Gasteiger partial charge < -0.3 is 21.1 Å². The first-order valence-corrected chi connectivity index (χ1v) is 10.9. The number of anilines is 1. The van der Waals surface area contributed by atoms with Crippen molar-refractivity contribution < 1.29 is 14.3 Å². The first-order chi connectivity index (χ1) is 14.1. The van der Waals surface area contributed by atoms with Crippen molar-refractivity contribution in [2.45, 2.75) is 65.5 Å². The minimum atomic E-state index is -0.247. The molecule has 3 aliphatic rings. The summed E-state index contributed by atoms with van der Waals surface area (Å²) in [5.41, 5.74) is 6.81. The fraction of sp³-hybridized carbons (Fsp3) is 0.727. The monoisotopic (exact) mass is 415 g/mol. The van der Waals surface area contributed by atoms with Crippen molar-refractivity contribution in [3.63, 3.8) is 0 Å². The largest absolute Gasteiger partial charge is 0.378 e. The molecule has 164 valence electrons. The van der Waals surface area contributed by atoms with E-state index in [1.165, 1.54) is 0 Å². The summed E-state index contributed by atoms with van der Waals surface area (Å²) in [7, 11) is 0. The van der Waals surface area contributed by atoms with Crippen LogP contribution in [0, 0.1) is 29.6 Å². The van der Waals surface area contributed by atoms with Crippen LogP contribution in [0.25, 0.3) is 0 Å². The second kappa shape index (κ2) is 7.48. The Kier molecular flexibility index (Phi) is 5.24. The van der Waals surface area contributed by atoms with Crippen LogP contribution in [0.2, 0.25) is 0 Å². The molecule has 1 aromatic rings. The zero-order valence-electron chi connectivity index (χ0n) is 18.3. The smallest absolute Gasteiger partial charge is 0.270 e. The van der Waals surface area contributed by atoms with Gasteiger partial charge in [0.15, 0.2) is 0 Å². The van der Waals surface area contributed by atoms with Gasteiger partial charge in [0.05, 0.1) is 6.10 Å². The highest BCUT2D eigenvalue weighted by Crippen LogP contribution is 2.68. The molecule has 8 heteroatoms. The number of hydrogen-bond donors (Lipinski definition) is 3. The van der Waals surface area contributed by atoms with Crippen LogP contribution in [0.3, 0.4) is 0 Å². The third kappa shape index (κ3) is 3.45. The SMILES string of the molecule is CC(=O)N[C@H]1C(C)(C)[C@@H]2C[C@@H]3[C@@H](CCNC(=O)c4cc(C)nc(N)n4)OCC[C@@]31C2. The number of hydrogen-bond acceptors (Lipinski definition) is 6. The maximum Gasteiger partial charge on any atom is 0.270 e. The van der Waals surface area contributed by atoms with Gasteiger partial charge in [0.25, 0.3) is 5.91 Å². The number of nitrogens with zero attached hydrogens (tertiary/aromatic N) is 2. The van der Waals surface area contributed by atoms with Crippen molar-refractivity contribution >= 4 is 17.8 Å². The Morgan fingerprint density at radius 3 is 2.80 bits per heavy atom. The number of fused-ring (bicyclic) bond motifs is 1. The molecule has 4 rings (SSSR count). The molecule has 3 fully saturated rings. The van der Waals surface area contributed by atoms with Gasteiger partial charge >= 0.3 is 0 Å². The van der Waals surface area contributed by atoms with E-state index >= 15 is 0 Å². The second-order valence-corrected chi connectivity index (χ2v) is 9.89. The second-order valence-electron chi connectivity index (χ2n) is 9.89. The maximum absolute atomic E-state index is 12.5. The molecule has 1 saturated heterocycles. The molecule has 1 spiro atoms. The van der Waals surface area contributed by atoms with Crippen molar-refractivity contribution in [3.05, 3.63) is 17.5 Å². The molecular formula is C22H33N5O3. The average Bonchev–Trinajstić information content (AvgIpc) is 3.14. The van der Waals surface area contributed by atoms with E-state index in [4.69, 9.17) is 10.5 Å². The fourth-order valence-electron chi connectivity index (χ4n) is 6.52. The third-order valence-electron chi connectivity index (χ3n) is 7.79. The lowest BCUT2D eigenvalue weighted by Crippen LogP contribution is -2.60. The Morgan fingerprint density at radius 1 is 1.33 bits per heavy atom. The van der Waals surface area contributed by atoms with Crippen LogP contribution in [0.4, 0.5) is 5.95 Å². The Hall–Kier alpha value is -2.22. The molecule has 1 aromatic heterocycles. The summed E-state index contributed by atoms with van der Waals surface area (Å²) in [6.07, 6.45) is 4.11. The van der Waals surface area contributed by atoms with E-state index < -0.39 is 0 Å². The van der Waals surface area contributed by atoms with Gasteiger partial charge in [-0.2, -0.15) is 0 Å². The summed E-state index contributed by atoms with van der Waals surface area (Å²) in [6, 6.07) is 1.81. The van der Waals surface area contributed by atoms with Gasteiger partial charge in [0, 0.05) is 31.8 Å². The number of nitrogen functional groups attached to an aromatic ring is 1. The molecule has 5 atom stereocenters. The molecule has 0 aromatic carbocycles. The van der Waals surface area contributed by atoms with E-state index in [0.29, 0.717) is 30.7 Å². The van der Waals surface area contributed by atoms with Crippen LogP contribution >= 0.6 is 0 Å². The van der Waals surface area contributed by atoms with Crippen LogP contribution < -0.4 is 16.4 Å². The number of aryl methyl sites for hydroxylation is 1. The summed E-state index contributed by atoms with van der Waals surface area (Å²) in [5, 5.41) is 6.24. The molecule has 2 amide bonds. The summed E-state index contributed by atoms with van der Waals surface area (Å²) >= 11 is 0. The van der Waals surface area contributed by atoms with Crippen LogP contribution in [0.5, 0.6) is 0 Å². The van der Waals surface area contributed by atoms with Gasteiger partial charge in [0.1, 0.15) is 5.69 Å². The van der Waals surface area contributed by atoms with Crippen molar-refractivity contribution in [1.82, 2.24) is 20.6 Å². The first kappa shape index (κ1) is 21.0. The van der Waals surface area contributed by atoms with Crippen molar-refractivity contribution in [2.24, 2.45) is 22.7 Å². The lowest BCUT2D eigenvalue weighted by atomic mass is 9.59. The number of carbonyl (C=O) groups excluding carboxylic acids is 2. The number of carbonyl (C=O) groups is 2. The highest BCUT2D eigenvalue weighted by atomic mass is 16.5. The predicted molar refractivity (Wildman–Crippen MR) is 113 cm³/mol. The van der Waals surface area contributed by atoms with Gasteiger partial charge in [-0.25, -0.2) is 9.97 Å². The number of nitrogens with one attached hydrogen (secondary N) is 2. The summed E-state index contributed by atoms with van der Waals surface area (Å²) in [5.74, 6) is 0.901. The minimum Gasteiger partial charge on any atom is -0.378 e. The molecule has 2 saturated carbocycles. The number of ether oxygens (including phenoxy) is 1. The van der Waals surface area contributed by atoms with Crippen molar-refractivity contribution in [2.75, 3.05) is 18.9 Å². The summed E-state index contributed by atoms with van der Waals surface area (Å²) in [6.45, 7) is 9.20. The molecular weight excluding hydrogens is 382 g/mol. The Labute approximate surface area is 177 Å². The third-order valence-corrected chi connectivity index (χ3v) is 7.79. The summed E-state index contributed by atoms with van der Waals surface area (Å²) in [4.78, 5) is 32.4. The standard InChI is InChI=1S/C22H33N5O3/c1-12-9-16(27-20(23)25-12)18(29)24-7-5-17-15-10-14-11-22(15,6-8-30-17)19(21(14,3)4)26-13(2)28/h9,14-15,17,19H,5-8,10-11H2,1-4H3,(H,24,29)(H,26,28)(H2,23,25,27)/t14-,15-,17-,19+,22-/m1/s1. The Bertz CT molecular complexity index is 837. The van der Waals surface area contributed by atoms with E-state index in [1.807, 2.05) is 0 Å². The summed E-state index contributed by atoms with van der Waals surface area (Å²) < 4.78 is 6.18. The van der Waals surface area contributed by atoms with E-state index in [-0.39, 0.29) is 46.4 Å². The zero-order chi connectivity index (χ0) is 21.7. The predicted octanol–water partition coefficient (Wildman–Crippen LogP) is 1.83. The molecule has 8 nitrogen and oxygen atoms in total. The fourth-order valence-corrected chi connectivity index (χ4v) is 6.52. The number of nitrogens with two attached hydrogens (primary N) is 1. The van der Waals surface area contributed by atoms with Crippen LogP contribution in [0.15, 0.2) is 6.07 Å². The Morgan fingerprint density at radius 2 is 2.10 bits per heavy atom. The first-order valence-electron chi connectivity index (χ1n) is 10.9. The molecule has 30 heavy (non-hydrogen) atoms. The number of aromatic nitrogens is 2. The average molecular weight is 416 g/mol. The van der Waals surface area contributed by atoms with E-state index in [2.05, 4.69) is 34.4 Å². The van der Waals surface area contributed by atoms with Crippen molar-refractivity contribution in [1.29, 1.82) is 0 Å². The van der Waals surface area contributed by atoms with Gasteiger partial charge in [-0.3, -0.25) is 9.59 Å². The zero-order valence-corrected chi connectivity index (χ0v) is 18.3.